The van der Waals surface area contributed by atoms with Gasteiger partial charge in [0.1, 0.15) is 11.1 Å². The molecule has 1 heterocycles. The van der Waals surface area contributed by atoms with Crippen LogP contribution in [0.2, 0.25) is 0 Å². The van der Waals surface area contributed by atoms with Gasteiger partial charge in [0, 0.05) is 11.1 Å². The Balaban J connectivity index is 1.76. The third-order valence-corrected chi connectivity index (χ3v) is 5.06. The molecule has 0 spiro atoms. The number of amides is 1. The molecule has 0 aliphatic rings. The molecule has 0 radical (unpaired) electrons. The molecule has 0 saturated heterocycles. The Morgan fingerprint density at radius 1 is 1.23 bits per heavy atom. The van der Waals surface area contributed by atoms with E-state index in [9.17, 15) is 10.1 Å². The normalized spacial score (nSPS) is 10.5. The molecule has 2 aromatic carbocycles. The Hall–Kier alpha value is -2.84. The van der Waals surface area contributed by atoms with Crippen LogP contribution in [-0.2, 0) is 11.2 Å². The molecule has 0 atom stereocenters. The summed E-state index contributed by atoms with van der Waals surface area (Å²) in [6.07, 6.45) is 0.855. The van der Waals surface area contributed by atoms with Gasteiger partial charge in [0.05, 0.1) is 16.8 Å². The number of carbonyl (C=O) groups excluding carboxylic acids is 1. The molecule has 1 aromatic heterocycles. The fourth-order valence-corrected chi connectivity index (χ4v) is 3.48. The minimum absolute atomic E-state index is 0.106. The summed E-state index contributed by atoms with van der Waals surface area (Å²) >= 11 is 1.29. The number of fused-ring (bicyclic) bond motifs is 1. The number of benzene rings is 2. The van der Waals surface area contributed by atoms with E-state index in [1.54, 1.807) is 0 Å². The summed E-state index contributed by atoms with van der Waals surface area (Å²) in [5.41, 5.74) is 4.38. The van der Waals surface area contributed by atoms with Crippen molar-refractivity contribution in [3.05, 3.63) is 65.2 Å². The quantitative estimate of drug-likeness (QED) is 0.669. The molecule has 5 heteroatoms. The fraction of sp³-hybridized carbons (Fsp3) is 0.190. The van der Waals surface area contributed by atoms with Crippen LogP contribution in [0.5, 0.6) is 0 Å². The standard InChI is InChI=1S/C21H19N3OS/c1-3-15-6-4-5-7-18(15)23-20(25)13-26-21-17(12-22)11-16-9-8-14(2)10-19(16)24-21/h4-11H,3,13H2,1-2H3,(H,23,25). The number of aromatic nitrogens is 1. The number of nitrogens with zero attached hydrogens (tertiary/aromatic N) is 2. The van der Waals surface area contributed by atoms with E-state index in [1.807, 2.05) is 55.5 Å². The van der Waals surface area contributed by atoms with E-state index in [1.165, 1.54) is 11.8 Å². The highest BCUT2D eigenvalue weighted by Gasteiger charge is 2.11. The number of rotatable bonds is 5. The zero-order chi connectivity index (χ0) is 18.5. The zero-order valence-corrected chi connectivity index (χ0v) is 15.6. The number of nitrogens with one attached hydrogen (secondary N) is 1. The van der Waals surface area contributed by atoms with E-state index >= 15 is 0 Å². The molecule has 3 aromatic rings. The van der Waals surface area contributed by atoms with Crippen molar-refractivity contribution in [3.8, 4) is 6.07 Å². The molecule has 1 N–H and O–H groups in total. The van der Waals surface area contributed by atoms with Crippen LogP contribution in [0, 0.1) is 18.3 Å². The molecule has 3 rings (SSSR count). The topological polar surface area (TPSA) is 65.8 Å². The van der Waals surface area contributed by atoms with Gasteiger partial charge in [-0.25, -0.2) is 4.98 Å². The van der Waals surface area contributed by atoms with E-state index in [0.29, 0.717) is 10.6 Å². The van der Waals surface area contributed by atoms with Crippen molar-refractivity contribution in [2.45, 2.75) is 25.3 Å². The highest BCUT2D eigenvalue weighted by Crippen LogP contribution is 2.25. The van der Waals surface area contributed by atoms with E-state index in [-0.39, 0.29) is 11.7 Å². The summed E-state index contributed by atoms with van der Waals surface area (Å²) < 4.78 is 0. The van der Waals surface area contributed by atoms with E-state index in [2.05, 4.69) is 23.3 Å². The molecule has 0 aliphatic heterocycles. The van der Waals surface area contributed by atoms with Crippen LogP contribution in [-0.4, -0.2) is 16.6 Å². The lowest BCUT2D eigenvalue weighted by Crippen LogP contribution is -2.15. The van der Waals surface area contributed by atoms with Gasteiger partial charge in [-0.2, -0.15) is 5.26 Å². The molecule has 130 valence electrons. The molecular weight excluding hydrogens is 342 g/mol. The number of nitriles is 1. The zero-order valence-electron chi connectivity index (χ0n) is 14.7. The van der Waals surface area contributed by atoms with Gasteiger partial charge in [-0.1, -0.05) is 49.0 Å². The third-order valence-electron chi connectivity index (χ3n) is 4.07. The number of anilines is 1. The first-order valence-electron chi connectivity index (χ1n) is 8.42. The molecule has 0 fully saturated rings. The first kappa shape index (κ1) is 18.0. The van der Waals surface area contributed by atoms with Crippen LogP contribution in [0.1, 0.15) is 23.6 Å². The molecule has 0 unspecified atom stereocenters. The summed E-state index contributed by atoms with van der Waals surface area (Å²) in [6.45, 7) is 4.06. The van der Waals surface area contributed by atoms with Crippen molar-refractivity contribution in [2.24, 2.45) is 0 Å². The maximum absolute atomic E-state index is 12.3. The van der Waals surface area contributed by atoms with Crippen molar-refractivity contribution < 1.29 is 4.79 Å². The van der Waals surface area contributed by atoms with Crippen molar-refractivity contribution >= 4 is 34.3 Å². The minimum atomic E-state index is -0.106. The van der Waals surface area contributed by atoms with Gasteiger partial charge in [0.2, 0.25) is 5.91 Å². The maximum Gasteiger partial charge on any atom is 0.234 e. The molecule has 0 aliphatic carbocycles. The van der Waals surface area contributed by atoms with E-state index in [4.69, 9.17) is 0 Å². The van der Waals surface area contributed by atoms with Gasteiger partial charge in [-0.15, -0.1) is 0 Å². The number of carbonyl (C=O) groups is 1. The lowest BCUT2D eigenvalue weighted by atomic mass is 10.1. The van der Waals surface area contributed by atoms with Crippen molar-refractivity contribution in [1.82, 2.24) is 4.98 Å². The van der Waals surface area contributed by atoms with Gasteiger partial charge in [0.25, 0.3) is 0 Å². The van der Waals surface area contributed by atoms with Crippen LogP contribution in [0.15, 0.2) is 53.6 Å². The molecule has 0 bridgehead atoms. The first-order valence-corrected chi connectivity index (χ1v) is 9.41. The molecule has 4 nitrogen and oxygen atoms in total. The Morgan fingerprint density at radius 2 is 2.04 bits per heavy atom. The summed E-state index contributed by atoms with van der Waals surface area (Å²) in [4.78, 5) is 16.9. The Morgan fingerprint density at radius 3 is 2.81 bits per heavy atom. The Bertz CT molecular complexity index is 1010. The summed E-state index contributed by atoms with van der Waals surface area (Å²) in [7, 11) is 0. The SMILES string of the molecule is CCc1ccccc1NC(=O)CSc1nc2cc(C)ccc2cc1C#N. The fourth-order valence-electron chi connectivity index (χ4n) is 2.72. The monoisotopic (exact) mass is 361 g/mol. The van der Waals surface area contributed by atoms with E-state index < -0.39 is 0 Å². The largest absolute Gasteiger partial charge is 0.325 e. The van der Waals surface area contributed by atoms with Crippen molar-refractivity contribution in [3.63, 3.8) is 0 Å². The number of hydrogen-bond acceptors (Lipinski definition) is 4. The number of pyridine rings is 1. The average Bonchev–Trinajstić information content (AvgIpc) is 2.66. The summed E-state index contributed by atoms with van der Waals surface area (Å²) in [6, 6.07) is 17.7. The Kier molecular flexibility index (Phi) is 5.55. The maximum atomic E-state index is 12.3. The predicted octanol–water partition coefficient (Wildman–Crippen LogP) is 4.71. The van der Waals surface area contributed by atoms with Gasteiger partial charge in [-0.05, 0) is 42.7 Å². The second kappa shape index (κ2) is 8.03. The van der Waals surface area contributed by atoms with Crippen LogP contribution < -0.4 is 5.32 Å². The van der Waals surface area contributed by atoms with Gasteiger partial charge >= 0.3 is 0 Å². The van der Waals surface area contributed by atoms with Crippen LogP contribution in [0.3, 0.4) is 0 Å². The number of para-hydroxylation sites is 1. The van der Waals surface area contributed by atoms with Crippen LogP contribution in [0.25, 0.3) is 10.9 Å². The lowest BCUT2D eigenvalue weighted by Gasteiger charge is -2.10. The predicted molar refractivity (Wildman–Crippen MR) is 106 cm³/mol. The second-order valence-electron chi connectivity index (χ2n) is 6.00. The highest BCUT2D eigenvalue weighted by atomic mass is 32.2. The minimum Gasteiger partial charge on any atom is -0.325 e. The first-order chi connectivity index (χ1) is 12.6. The number of aryl methyl sites for hydroxylation is 2. The lowest BCUT2D eigenvalue weighted by molar-refractivity contribution is -0.113. The second-order valence-corrected chi connectivity index (χ2v) is 6.96. The Labute approximate surface area is 157 Å². The highest BCUT2D eigenvalue weighted by molar-refractivity contribution is 8.00. The van der Waals surface area contributed by atoms with Crippen molar-refractivity contribution in [1.29, 1.82) is 5.26 Å². The number of hydrogen-bond donors (Lipinski definition) is 1. The number of thioether (sulfide) groups is 1. The van der Waals surface area contributed by atoms with Crippen molar-refractivity contribution in [2.75, 3.05) is 11.1 Å². The molecule has 26 heavy (non-hydrogen) atoms. The smallest absolute Gasteiger partial charge is 0.234 e. The average molecular weight is 361 g/mol. The van der Waals surface area contributed by atoms with E-state index in [0.717, 1.165) is 34.1 Å². The van der Waals surface area contributed by atoms with Gasteiger partial charge < -0.3 is 5.32 Å². The third kappa shape index (κ3) is 4.04. The summed E-state index contributed by atoms with van der Waals surface area (Å²) in [5.74, 6) is 0.0998. The van der Waals surface area contributed by atoms with Gasteiger partial charge in [-0.3, -0.25) is 4.79 Å². The van der Waals surface area contributed by atoms with Gasteiger partial charge in [0.15, 0.2) is 0 Å². The summed E-state index contributed by atoms with van der Waals surface area (Å²) in [5, 5.41) is 13.9. The van der Waals surface area contributed by atoms with Crippen LogP contribution >= 0.6 is 11.8 Å². The molecule has 1 amide bonds. The molecular formula is C21H19N3OS. The van der Waals surface area contributed by atoms with Crippen LogP contribution in [0.4, 0.5) is 5.69 Å². The molecule has 0 saturated carbocycles.